The topological polar surface area (TPSA) is 76.6 Å². The zero-order valence-corrected chi connectivity index (χ0v) is 21.3. The summed E-state index contributed by atoms with van der Waals surface area (Å²) in [4.78, 5) is 13.2. The SMILES string of the molecule is C=CC(F)OCc1cc(-c2cnn3cc(C(C)(C)C#N)ccc23)cc(OC)c1C(=O)CCC[C@H]1C[C@H]1F. The van der Waals surface area contributed by atoms with Crippen LogP contribution < -0.4 is 4.74 Å². The van der Waals surface area contributed by atoms with Crippen molar-refractivity contribution in [3.8, 4) is 22.9 Å². The summed E-state index contributed by atoms with van der Waals surface area (Å²) in [6.45, 7) is 6.92. The number of rotatable bonds is 12. The summed E-state index contributed by atoms with van der Waals surface area (Å²) in [5.41, 5.74) is 3.28. The summed E-state index contributed by atoms with van der Waals surface area (Å²) in [7, 11) is 1.48. The molecular formula is C29H31F2N3O3. The molecule has 0 radical (unpaired) electrons. The van der Waals surface area contributed by atoms with Crippen molar-refractivity contribution in [2.45, 2.75) is 64.1 Å². The summed E-state index contributed by atoms with van der Waals surface area (Å²) in [6, 6.07) is 9.63. The highest BCUT2D eigenvalue weighted by Crippen LogP contribution is 2.39. The molecule has 2 heterocycles. The molecule has 0 amide bonds. The predicted molar refractivity (Wildman–Crippen MR) is 137 cm³/mol. The smallest absolute Gasteiger partial charge is 0.218 e. The second-order valence-electron chi connectivity index (χ2n) is 9.98. The van der Waals surface area contributed by atoms with Crippen molar-refractivity contribution in [2.24, 2.45) is 5.92 Å². The summed E-state index contributed by atoms with van der Waals surface area (Å²) < 4.78 is 39.7. The van der Waals surface area contributed by atoms with Crippen molar-refractivity contribution in [3.63, 3.8) is 0 Å². The first-order chi connectivity index (χ1) is 17.7. The molecule has 1 aromatic carbocycles. The quantitative estimate of drug-likeness (QED) is 0.206. The van der Waals surface area contributed by atoms with E-state index in [-0.39, 0.29) is 24.7 Å². The van der Waals surface area contributed by atoms with Crippen molar-refractivity contribution in [1.29, 1.82) is 5.26 Å². The molecule has 3 atom stereocenters. The van der Waals surface area contributed by atoms with E-state index in [0.29, 0.717) is 36.1 Å². The molecule has 1 aliphatic carbocycles. The molecule has 2 aromatic heterocycles. The monoisotopic (exact) mass is 507 g/mol. The van der Waals surface area contributed by atoms with E-state index < -0.39 is 17.9 Å². The Morgan fingerprint density at radius 1 is 1.41 bits per heavy atom. The number of halogens is 2. The minimum atomic E-state index is -1.69. The van der Waals surface area contributed by atoms with Gasteiger partial charge in [-0.1, -0.05) is 12.6 Å². The highest BCUT2D eigenvalue weighted by Gasteiger charge is 2.36. The molecule has 6 nitrogen and oxygen atoms in total. The molecule has 37 heavy (non-hydrogen) atoms. The standard InChI is InChI=1S/C29H31F2N3O3/c1-5-27(31)37-16-20-11-19(13-26(36-4)28(20)25(35)8-6-7-18-12-23(18)30)22-14-33-34-15-21(9-10-24(22)34)29(2,3)17-32/h5,9-11,13-15,18,23,27H,1,6-8,12,16H2,2-4H3/t18-,23+,27?/m0/s1. The third-order valence-electron chi connectivity index (χ3n) is 6.91. The number of Topliss-reactive ketones (excluding diaryl/α,β-unsaturated/α-hetero) is 1. The van der Waals surface area contributed by atoms with Gasteiger partial charge in [0.25, 0.3) is 0 Å². The van der Waals surface area contributed by atoms with Crippen LogP contribution in [0.1, 0.15) is 61.0 Å². The van der Waals surface area contributed by atoms with Crippen molar-refractivity contribution in [3.05, 3.63) is 66.0 Å². The maximum Gasteiger partial charge on any atom is 0.218 e. The molecule has 8 heteroatoms. The van der Waals surface area contributed by atoms with Crippen LogP contribution in [0, 0.1) is 17.2 Å². The van der Waals surface area contributed by atoms with E-state index in [1.165, 1.54) is 7.11 Å². The van der Waals surface area contributed by atoms with Crippen molar-refractivity contribution in [2.75, 3.05) is 7.11 Å². The number of carbonyl (C=O) groups is 1. The molecule has 0 saturated heterocycles. The van der Waals surface area contributed by atoms with Gasteiger partial charge in [-0.05, 0) is 80.0 Å². The Kier molecular flexibility index (Phi) is 7.74. The molecule has 1 fully saturated rings. The predicted octanol–water partition coefficient (Wildman–Crippen LogP) is 6.52. The van der Waals surface area contributed by atoms with E-state index >= 15 is 0 Å². The Morgan fingerprint density at radius 3 is 2.81 bits per heavy atom. The second-order valence-corrected chi connectivity index (χ2v) is 9.98. The van der Waals surface area contributed by atoms with Crippen LogP contribution in [0.25, 0.3) is 16.6 Å². The summed E-state index contributed by atoms with van der Waals surface area (Å²) in [5, 5.41) is 13.9. The van der Waals surface area contributed by atoms with Gasteiger partial charge in [0.05, 0.1) is 42.5 Å². The third-order valence-corrected chi connectivity index (χ3v) is 6.91. The Hall–Kier alpha value is -3.57. The first kappa shape index (κ1) is 26.5. The zero-order chi connectivity index (χ0) is 26.7. The first-order valence-corrected chi connectivity index (χ1v) is 12.3. The van der Waals surface area contributed by atoms with Gasteiger partial charge in [-0.15, -0.1) is 0 Å². The number of fused-ring (bicyclic) bond motifs is 1. The lowest BCUT2D eigenvalue weighted by atomic mass is 9.87. The number of alkyl halides is 2. The molecule has 0 bridgehead atoms. The Bertz CT molecular complexity index is 1360. The van der Waals surface area contributed by atoms with Gasteiger partial charge in [-0.25, -0.2) is 13.3 Å². The van der Waals surface area contributed by atoms with Crippen LogP contribution in [0.4, 0.5) is 8.78 Å². The van der Waals surface area contributed by atoms with Crippen LogP contribution in [0.5, 0.6) is 5.75 Å². The number of ether oxygens (including phenoxy) is 2. The minimum Gasteiger partial charge on any atom is -0.496 e. The average Bonchev–Trinajstić information content (AvgIpc) is 3.43. The van der Waals surface area contributed by atoms with Gasteiger partial charge in [0.15, 0.2) is 5.78 Å². The maximum atomic E-state index is 13.9. The zero-order valence-electron chi connectivity index (χ0n) is 21.3. The lowest BCUT2D eigenvalue weighted by Gasteiger charge is -2.17. The number of nitriles is 1. The summed E-state index contributed by atoms with van der Waals surface area (Å²) >= 11 is 0. The van der Waals surface area contributed by atoms with Crippen LogP contribution >= 0.6 is 0 Å². The third kappa shape index (κ3) is 5.72. The molecule has 1 saturated carbocycles. The fourth-order valence-corrected chi connectivity index (χ4v) is 4.46. The molecule has 3 aromatic rings. The maximum absolute atomic E-state index is 13.9. The highest BCUT2D eigenvalue weighted by molar-refractivity contribution is 6.01. The molecule has 0 aliphatic heterocycles. The van der Waals surface area contributed by atoms with Crippen LogP contribution in [0.3, 0.4) is 0 Å². The largest absolute Gasteiger partial charge is 0.496 e. The van der Waals surface area contributed by atoms with Crippen molar-refractivity contribution >= 4 is 11.3 Å². The van der Waals surface area contributed by atoms with E-state index in [4.69, 9.17) is 9.47 Å². The van der Waals surface area contributed by atoms with Crippen molar-refractivity contribution < 1.29 is 23.0 Å². The Morgan fingerprint density at radius 2 is 2.16 bits per heavy atom. The van der Waals surface area contributed by atoms with Gasteiger partial charge in [0.2, 0.25) is 6.36 Å². The lowest BCUT2D eigenvalue weighted by Crippen LogP contribution is -2.14. The van der Waals surface area contributed by atoms with E-state index in [1.54, 1.807) is 22.8 Å². The second kappa shape index (κ2) is 10.8. The number of carbonyl (C=O) groups excluding carboxylic acids is 1. The van der Waals surface area contributed by atoms with E-state index in [9.17, 15) is 18.8 Å². The number of hydrogen-bond acceptors (Lipinski definition) is 5. The Labute approximate surface area is 215 Å². The van der Waals surface area contributed by atoms with Crippen LogP contribution in [0.2, 0.25) is 0 Å². The van der Waals surface area contributed by atoms with Gasteiger partial charge in [-0.2, -0.15) is 10.4 Å². The van der Waals surface area contributed by atoms with Crippen LogP contribution in [-0.2, 0) is 16.8 Å². The van der Waals surface area contributed by atoms with E-state index in [2.05, 4.69) is 17.7 Å². The summed E-state index contributed by atoms with van der Waals surface area (Å²) in [6.07, 6.45) is 4.16. The number of pyridine rings is 1. The number of nitrogens with zero attached hydrogens (tertiary/aromatic N) is 3. The number of methoxy groups -OCH3 is 1. The normalized spacial score (nSPS) is 17.8. The fourth-order valence-electron chi connectivity index (χ4n) is 4.46. The average molecular weight is 508 g/mol. The molecule has 1 unspecified atom stereocenters. The molecule has 4 rings (SSSR count). The van der Waals surface area contributed by atoms with Crippen molar-refractivity contribution in [1.82, 2.24) is 9.61 Å². The van der Waals surface area contributed by atoms with Gasteiger partial charge < -0.3 is 9.47 Å². The van der Waals surface area contributed by atoms with Crippen LogP contribution in [-0.4, -0.2) is 35.0 Å². The van der Waals surface area contributed by atoms with E-state index in [1.807, 2.05) is 32.2 Å². The van der Waals surface area contributed by atoms with Gasteiger partial charge in [0, 0.05) is 18.2 Å². The molecule has 0 N–H and O–H groups in total. The van der Waals surface area contributed by atoms with Gasteiger partial charge in [-0.3, -0.25) is 4.79 Å². The first-order valence-electron chi connectivity index (χ1n) is 12.3. The molecule has 0 spiro atoms. The number of hydrogen-bond donors (Lipinski definition) is 0. The summed E-state index contributed by atoms with van der Waals surface area (Å²) in [5.74, 6) is 0.247. The minimum absolute atomic E-state index is 0.0506. The number of ketones is 1. The molecule has 1 aliphatic rings. The van der Waals surface area contributed by atoms with Gasteiger partial charge >= 0.3 is 0 Å². The van der Waals surface area contributed by atoms with E-state index in [0.717, 1.165) is 28.3 Å². The Balaban J connectivity index is 1.71. The number of aromatic nitrogens is 2. The number of benzene rings is 1. The lowest BCUT2D eigenvalue weighted by molar-refractivity contribution is -0.0142. The highest BCUT2D eigenvalue weighted by atomic mass is 19.1. The molecule has 194 valence electrons. The van der Waals surface area contributed by atoms with Crippen LogP contribution in [0.15, 0.2) is 49.3 Å². The molecular weight excluding hydrogens is 476 g/mol. The van der Waals surface area contributed by atoms with Gasteiger partial charge in [0.1, 0.15) is 11.9 Å². The fraction of sp³-hybridized carbons (Fsp3) is 0.414.